The summed E-state index contributed by atoms with van der Waals surface area (Å²) in [5, 5.41) is 3.30. The van der Waals surface area contributed by atoms with E-state index in [9.17, 15) is 4.79 Å². The van der Waals surface area contributed by atoms with E-state index in [4.69, 9.17) is 9.47 Å². The Bertz CT molecular complexity index is 366. The van der Waals surface area contributed by atoms with Crippen molar-refractivity contribution < 1.29 is 14.3 Å². The fourth-order valence-electron chi connectivity index (χ4n) is 3.69. The zero-order valence-corrected chi connectivity index (χ0v) is 13.6. The quantitative estimate of drug-likeness (QED) is 0.791. The first-order valence-electron chi connectivity index (χ1n) is 8.68. The molecule has 0 bridgehead atoms. The largest absolute Gasteiger partial charge is 0.379 e. The predicted octanol–water partition coefficient (Wildman–Crippen LogP) is -0.0659. The number of amides is 1. The fraction of sp³-hybridized carbons (Fsp3) is 0.938. The molecule has 0 spiro atoms. The molecule has 3 heterocycles. The highest BCUT2D eigenvalue weighted by molar-refractivity contribution is 5.82. The third kappa shape index (κ3) is 3.98. The van der Waals surface area contributed by atoms with Crippen LogP contribution in [-0.4, -0.2) is 86.9 Å². The summed E-state index contributed by atoms with van der Waals surface area (Å²) in [7, 11) is 0. The topological polar surface area (TPSA) is 54.0 Å². The molecule has 6 nitrogen and oxygen atoms in total. The summed E-state index contributed by atoms with van der Waals surface area (Å²) in [6.07, 6.45) is 2.21. The van der Waals surface area contributed by atoms with Crippen LogP contribution in [0.25, 0.3) is 0 Å². The number of rotatable bonds is 3. The van der Waals surface area contributed by atoms with Gasteiger partial charge < -0.3 is 19.7 Å². The Labute approximate surface area is 133 Å². The van der Waals surface area contributed by atoms with Gasteiger partial charge in [-0.3, -0.25) is 9.69 Å². The number of piperidine rings is 1. The molecule has 0 aromatic rings. The number of morpholine rings is 2. The van der Waals surface area contributed by atoms with E-state index in [0.29, 0.717) is 6.61 Å². The predicted molar refractivity (Wildman–Crippen MR) is 83.8 cm³/mol. The summed E-state index contributed by atoms with van der Waals surface area (Å²) in [5.41, 5.74) is 0. The van der Waals surface area contributed by atoms with Gasteiger partial charge >= 0.3 is 0 Å². The summed E-state index contributed by atoms with van der Waals surface area (Å²) in [6, 6.07) is -0.162. The summed E-state index contributed by atoms with van der Waals surface area (Å²) in [4.78, 5) is 17.1. The lowest BCUT2D eigenvalue weighted by atomic mass is 9.95. The van der Waals surface area contributed by atoms with E-state index in [1.807, 2.05) is 11.8 Å². The number of likely N-dealkylation sites (tertiary alicyclic amines) is 1. The highest BCUT2D eigenvalue weighted by Gasteiger charge is 2.33. The van der Waals surface area contributed by atoms with Crippen LogP contribution >= 0.6 is 0 Å². The van der Waals surface area contributed by atoms with E-state index < -0.39 is 0 Å². The summed E-state index contributed by atoms with van der Waals surface area (Å²) in [5.74, 6) is 0.937. The van der Waals surface area contributed by atoms with Gasteiger partial charge in [0.05, 0.1) is 25.9 Å². The van der Waals surface area contributed by atoms with Gasteiger partial charge in [0.25, 0.3) is 0 Å². The maximum atomic E-state index is 12.6. The van der Waals surface area contributed by atoms with Crippen LogP contribution < -0.4 is 5.32 Å². The molecule has 3 fully saturated rings. The number of ether oxygens (including phenoxy) is 2. The zero-order valence-electron chi connectivity index (χ0n) is 13.6. The smallest absolute Gasteiger partial charge is 0.242 e. The molecule has 0 saturated carbocycles. The minimum Gasteiger partial charge on any atom is -0.379 e. The molecule has 3 aliphatic rings. The molecule has 0 radical (unpaired) electrons. The molecule has 1 N–H and O–H groups in total. The Hall–Kier alpha value is -0.690. The average molecular weight is 311 g/mol. The van der Waals surface area contributed by atoms with Crippen molar-refractivity contribution in [1.82, 2.24) is 15.1 Å². The molecular formula is C16H29N3O3. The highest BCUT2D eigenvalue weighted by Crippen LogP contribution is 2.20. The molecule has 0 unspecified atom stereocenters. The second-order valence-corrected chi connectivity index (χ2v) is 6.69. The molecule has 2 atom stereocenters. The van der Waals surface area contributed by atoms with Gasteiger partial charge in [-0.15, -0.1) is 0 Å². The van der Waals surface area contributed by atoms with Crippen LogP contribution in [0.1, 0.15) is 19.8 Å². The van der Waals surface area contributed by atoms with Gasteiger partial charge in [0.15, 0.2) is 0 Å². The summed E-state index contributed by atoms with van der Waals surface area (Å²) >= 11 is 0. The Morgan fingerprint density at radius 3 is 2.55 bits per heavy atom. The van der Waals surface area contributed by atoms with E-state index in [1.54, 1.807) is 0 Å². The standard InChI is InChI=1S/C16H29N3O3/c1-13-15(17-4-9-22-13)16(20)19-5-2-14(3-6-19)12-18-7-10-21-11-8-18/h13-15,17H,2-12H2,1H3/t13-,15+/m1/s1. The summed E-state index contributed by atoms with van der Waals surface area (Å²) < 4.78 is 11.0. The second kappa shape index (κ2) is 7.73. The first kappa shape index (κ1) is 16.2. The minimum atomic E-state index is -0.162. The monoisotopic (exact) mass is 311 g/mol. The molecule has 3 saturated heterocycles. The van der Waals surface area contributed by atoms with Crippen LogP contribution in [0.4, 0.5) is 0 Å². The van der Waals surface area contributed by atoms with Crippen molar-refractivity contribution in [2.75, 3.05) is 59.1 Å². The van der Waals surface area contributed by atoms with Crippen molar-refractivity contribution >= 4 is 5.91 Å². The number of carbonyl (C=O) groups is 1. The number of carbonyl (C=O) groups excluding carboxylic acids is 1. The second-order valence-electron chi connectivity index (χ2n) is 6.69. The van der Waals surface area contributed by atoms with Crippen LogP contribution in [0.15, 0.2) is 0 Å². The molecule has 22 heavy (non-hydrogen) atoms. The van der Waals surface area contributed by atoms with E-state index in [1.165, 1.54) is 0 Å². The highest BCUT2D eigenvalue weighted by atomic mass is 16.5. The van der Waals surface area contributed by atoms with E-state index >= 15 is 0 Å². The zero-order chi connectivity index (χ0) is 15.4. The molecule has 0 aromatic heterocycles. The van der Waals surface area contributed by atoms with Crippen molar-refractivity contribution in [3.05, 3.63) is 0 Å². The van der Waals surface area contributed by atoms with Crippen molar-refractivity contribution in [3.63, 3.8) is 0 Å². The lowest BCUT2D eigenvalue weighted by Gasteiger charge is -2.39. The van der Waals surface area contributed by atoms with Gasteiger partial charge in [-0.05, 0) is 25.7 Å². The Morgan fingerprint density at radius 1 is 1.14 bits per heavy atom. The average Bonchev–Trinajstić information content (AvgIpc) is 2.56. The van der Waals surface area contributed by atoms with Crippen LogP contribution in [0.2, 0.25) is 0 Å². The molecule has 0 aliphatic carbocycles. The van der Waals surface area contributed by atoms with Crippen molar-refractivity contribution in [2.45, 2.75) is 31.9 Å². The lowest BCUT2D eigenvalue weighted by Crippen LogP contribution is -2.57. The van der Waals surface area contributed by atoms with Crippen molar-refractivity contribution in [1.29, 1.82) is 0 Å². The molecule has 6 heteroatoms. The summed E-state index contributed by atoms with van der Waals surface area (Å²) in [6.45, 7) is 10.2. The molecule has 3 aliphatic heterocycles. The van der Waals surface area contributed by atoms with Crippen molar-refractivity contribution in [2.24, 2.45) is 5.92 Å². The normalized spacial score (nSPS) is 32.1. The molecule has 126 valence electrons. The van der Waals surface area contributed by atoms with Crippen LogP contribution in [-0.2, 0) is 14.3 Å². The van der Waals surface area contributed by atoms with Crippen LogP contribution in [0.3, 0.4) is 0 Å². The van der Waals surface area contributed by atoms with Gasteiger partial charge in [0.1, 0.15) is 6.04 Å². The Balaban J connectivity index is 1.43. The Kier molecular flexibility index (Phi) is 5.68. The third-order valence-electron chi connectivity index (χ3n) is 5.13. The van der Waals surface area contributed by atoms with E-state index in [-0.39, 0.29) is 18.1 Å². The molecule has 3 rings (SSSR count). The van der Waals surface area contributed by atoms with Gasteiger partial charge in [-0.25, -0.2) is 0 Å². The lowest BCUT2D eigenvalue weighted by molar-refractivity contribution is -0.141. The molecule has 1 amide bonds. The Morgan fingerprint density at radius 2 is 1.86 bits per heavy atom. The van der Waals surface area contributed by atoms with E-state index in [0.717, 1.165) is 71.2 Å². The number of hydrogen-bond donors (Lipinski definition) is 1. The number of nitrogens with zero attached hydrogens (tertiary/aromatic N) is 2. The van der Waals surface area contributed by atoms with Crippen LogP contribution in [0, 0.1) is 5.92 Å². The third-order valence-corrected chi connectivity index (χ3v) is 5.13. The molecular weight excluding hydrogens is 282 g/mol. The first-order valence-corrected chi connectivity index (χ1v) is 8.68. The SMILES string of the molecule is C[C@H]1OCCN[C@@H]1C(=O)N1CCC(CN2CCOCC2)CC1. The van der Waals surface area contributed by atoms with Crippen LogP contribution in [0.5, 0.6) is 0 Å². The van der Waals surface area contributed by atoms with Gasteiger partial charge in [-0.2, -0.15) is 0 Å². The maximum absolute atomic E-state index is 12.6. The van der Waals surface area contributed by atoms with Gasteiger partial charge in [-0.1, -0.05) is 0 Å². The van der Waals surface area contributed by atoms with Gasteiger partial charge in [0, 0.05) is 39.3 Å². The molecule has 0 aromatic carbocycles. The maximum Gasteiger partial charge on any atom is 0.242 e. The first-order chi connectivity index (χ1) is 10.7. The van der Waals surface area contributed by atoms with Gasteiger partial charge in [0.2, 0.25) is 5.91 Å². The number of hydrogen-bond acceptors (Lipinski definition) is 5. The van der Waals surface area contributed by atoms with E-state index in [2.05, 4.69) is 10.2 Å². The van der Waals surface area contributed by atoms with Crippen molar-refractivity contribution in [3.8, 4) is 0 Å². The minimum absolute atomic E-state index is 0.0210. The fourth-order valence-corrected chi connectivity index (χ4v) is 3.69. The number of nitrogens with one attached hydrogen (secondary N) is 1.